The fourth-order valence-electron chi connectivity index (χ4n) is 2.24. The Morgan fingerprint density at radius 1 is 1.40 bits per heavy atom. The van der Waals surface area contributed by atoms with E-state index in [1.54, 1.807) is 0 Å². The number of aliphatic hydroxyl groups is 1. The number of fused-ring (bicyclic) bond motifs is 1. The topological polar surface area (TPSA) is 49.3 Å². The van der Waals surface area contributed by atoms with Crippen LogP contribution in [0.25, 0.3) is 0 Å². The Kier molecular flexibility index (Phi) is 1.68. The fourth-order valence-corrected chi connectivity index (χ4v) is 2.24. The van der Waals surface area contributed by atoms with E-state index in [1.807, 2.05) is 24.3 Å². The molecule has 3 nitrogen and oxygen atoms in total. The van der Waals surface area contributed by atoms with Crippen LogP contribution < -0.4 is 5.32 Å². The fraction of sp³-hybridized carbons (Fsp3) is 0.417. The van der Waals surface area contributed by atoms with Crippen LogP contribution >= 0.6 is 0 Å². The highest BCUT2D eigenvalue weighted by molar-refractivity contribution is 6.04. The van der Waals surface area contributed by atoms with Gasteiger partial charge >= 0.3 is 0 Å². The molecule has 0 saturated heterocycles. The molecule has 1 heterocycles. The predicted octanol–water partition coefficient (Wildman–Crippen LogP) is 1.63. The molecule has 0 aromatic heterocycles. The summed E-state index contributed by atoms with van der Waals surface area (Å²) in [5, 5.41) is 13.1. The SMILES string of the molecule is O=C1Nc2ccccc2C1(O)CC1CC1. The molecule has 3 rings (SSSR count). The molecule has 1 aliphatic carbocycles. The summed E-state index contributed by atoms with van der Waals surface area (Å²) in [6, 6.07) is 7.38. The van der Waals surface area contributed by atoms with Gasteiger partial charge in [0.05, 0.1) is 0 Å². The van der Waals surface area contributed by atoms with Crippen LogP contribution in [0.5, 0.6) is 0 Å². The third kappa shape index (κ3) is 1.27. The average Bonchev–Trinajstić information content (AvgIpc) is 2.97. The van der Waals surface area contributed by atoms with Gasteiger partial charge in [0, 0.05) is 11.3 Å². The average molecular weight is 203 g/mol. The molecule has 0 radical (unpaired) electrons. The molecule has 1 unspecified atom stereocenters. The minimum Gasteiger partial charge on any atom is -0.375 e. The van der Waals surface area contributed by atoms with Gasteiger partial charge in [-0.25, -0.2) is 0 Å². The lowest BCUT2D eigenvalue weighted by molar-refractivity contribution is -0.134. The molecule has 1 aliphatic heterocycles. The number of nitrogens with one attached hydrogen (secondary N) is 1. The summed E-state index contributed by atoms with van der Waals surface area (Å²) in [7, 11) is 0. The minimum absolute atomic E-state index is 0.268. The zero-order valence-electron chi connectivity index (χ0n) is 8.36. The summed E-state index contributed by atoms with van der Waals surface area (Å²) in [6.45, 7) is 0. The molecule has 2 N–H and O–H groups in total. The van der Waals surface area contributed by atoms with E-state index in [0.717, 1.165) is 24.1 Å². The molecule has 0 spiro atoms. The van der Waals surface area contributed by atoms with Gasteiger partial charge in [0.15, 0.2) is 5.60 Å². The van der Waals surface area contributed by atoms with Gasteiger partial charge in [0.2, 0.25) is 0 Å². The van der Waals surface area contributed by atoms with Crippen molar-refractivity contribution in [2.75, 3.05) is 5.32 Å². The molecule has 1 atom stereocenters. The molecular weight excluding hydrogens is 190 g/mol. The van der Waals surface area contributed by atoms with Crippen LogP contribution in [0.4, 0.5) is 5.69 Å². The Morgan fingerprint density at radius 2 is 2.13 bits per heavy atom. The second kappa shape index (κ2) is 2.83. The Bertz CT molecular complexity index is 425. The van der Waals surface area contributed by atoms with Crippen molar-refractivity contribution in [3.8, 4) is 0 Å². The van der Waals surface area contributed by atoms with Crippen LogP contribution in [0.3, 0.4) is 0 Å². The Morgan fingerprint density at radius 3 is 2.87 bits per heavy atom. The number of carbonyl (C=O) groups excluding carboxylic acids is 1. The first kappa shape index (κ1) is 8.92. The molecule has 1 fully saturated rings. The van der Waals surface area contributed by atoms with Crippen LogP contribution in [-0.2, 0) is 10.4 Å². The van der Waals surface area contributed by atoms with Gasteiger partial charge in [0.1, 0.15) is 0 Å². The zero-order valence-corrected chi connectivity index (χ0v) is 8.36. The quantitative estimate of drug-likeness (QED) is 0.767. The van der Waals surface area contributed by atoms with Gasteiger partial charge < -0.3 is 10.4 Å². The van der Waals surface area contributed by atoms with Crippen molar-refractivity contribution in [2.24, 2.45) is 5.92 Å². The van der Waals surface area contributed by atoms with E-state index in [0.29, 0.717) is 12.3 Å². The van der Waals surface area contributed by atoms with Gasteiger partial charge in [0.25, 0.3) is 5.91 Å². The Labute approximate surface area is 88.1 Å². The van der Waals surface area contributed by atoms with Gasteiger partial charge in [-0.05, 0) is 18.4 Å². The van der Waals surface area contributed by atoms with Crippen LogP contribution in [-0.4, -0.2) is 11.0 Å². The molecule has 0 bridgehead atoms. The molecule has 1 saturated carbocycles. The molecule has 2 aliphatic rings. The predicted molar refractivity (Wildman–Crippen MR) is 56.3 cm³/mol. The first-order valence-corrected chi connectivity index (χ1v) is 5.33. The van der Waals surface area contributed by atoms with Crippen molar-refractivity contribution in [1.82, 2.24) is 0 Å². The number of para-hydroxylation sites is 1. The van der Waals surface area contributed by atoms with E-state index in [2.05, 4.69) is 5.32 Å². The Balaban J connectivity index is 2.03. The third-order valence-corrected chi connectivity index (χ3v) is 3.28. The highest BCUT2D eigenvalue weighted by Gasteiger charge is 2.47. The van der Waals surface area contributed by atoms with Crippen molar-refractivity contribution < 1.29 is 9.90 Å². The van der Waals surface area contributed by atoms with Crippen molar-refractivity contribution in [1.29, 1.82) is 0 Å². The standard InChI is InChI=1S/C12H13NO2/c14-11-12(15,7-8-5-6-8)9-3-1-2-4-10(9)13-11/h1-4,8,15H,5-7H2,(H,13,14). The summed E-state index contributed by atoms with van der Waals surface area (Å²) in [5.74, 6) is 0.252. The number of hydrogen-bond acceptors (Lipinski definition) is 2. The maximum atomic E-state index is 11.8. The minimum atomic E-state index is -1.28. The van der Waals surface area contributed by atoms with Gasteiger partial charge in [-0.15, -0.1) is 0 Å². The van der Waals surface area contributed by atoms with Crippen LogP contribution in [0.1, 0.15) is 24.8 Å². The number of amides is 1. The van der Waals surface area contributed by atoms with Gasteiger partial charge in [-0.3, -0.25) is 4.79 Å². The summed E-state index contributed by atoms with van der Waals surface area (Å²) in [6.07, 6.45) is 2.84. The van der Waals surface area contributed by atoms with Gasteiger partial charge in [-0.2, -0.15) is 0 Å². The van der Waals surface area contributed by atoms with E-state index in [1.165, 1.54) is 0 Å². The lowest BCUT2D eigenvalue weighted by atomic mass is 9.90. The lowest BCUT2D eigenvalue weighted by Gasteiger charge is -2.20. The zero-order chi connectivity index (χ0) is 10.5. The first-order valence-electron chi connectivity index (χ1n) is 5.33. The molecule has 15 heavy (non-hydrogen) atoms. The molecule has 3 heteroatoms. The lowest BCUT2D eigenvalue weighted by Crippen LogP contribution is -2.34. The molecule has 1 amide bonds. The van der Waals surface area contributed by atoms with E-state index < -0.39 is 5.60 Å². The largest absolute Gasteiger partial charge is 0.375 e. The normalized spacial score (nSPS) is 28.7. The number of rotatable bonds is 2. The summed E-state index contributed by atoms with van der Waals surface area (Å²) < 4.78 is 0. The van der Waals surface area contributed by atoms with E-state index in [9.17, 15) is 9.90 Å². The van der Waals surface area contributed by atoms with Crippen molar-refractivity contribution in [2.45, 2.75) is 24.9 Å². The second-order valence-corrected chi connectivity index (χ2v) is 4.51. The summed E-state index contributed by atoms with van der Waals surface area (Å²) in [5.41, 5.74) is 0.213. The number of carbonyl (C=O) groups is 1. The van der Waals surface area contributed by atoms with Crippen molar-refractivity contribution >= 4 is 11.6 Å². The van der Waals surface area contributed by atoms with Crippen LogP contribution in [0.15, 0.2) is 24.3 Å². The van der Waals surface area contributed by atoms with Gasteiger partial charge in [-0.1, -0.05) is 31.0 Å². The number of anilines is 1. The highest BCUT2D eigenvalue weighted by Crippen LogP contribution is 2.45. The summed E-state index contributed by atoms with van der Waals surface area (Å²) >= 11 is 0. The van der Waals surface area contributed by atoms with Crippen molar-refractivity contribution in [3.05, 3.63) is 29.8 Å². The van der Waals surface area contributed by atoms with E-state index >= 15 is 0 Å². The molecule has 78 valence electrons. The van der Waals surface area contributed by atoms with Crippen molar-refractivity contribution in [3.63, 3.8) is 0 Å². The van der Waals surface area contributed by atoms with E-state index in [4.69, 9.17) is 0 Å². The monoisotopic (exact) mass is 203 g/mol. The van der Waals surface area contributed by atoms with E-state index in [-0.39, 0.29) is 5.91 Å². The molecule has 1 aromatic rings. The smallest absolute Gasteiger partial charge is 0.261 e. The molecule has 1 aromatic carbocycles. The Hall–Kier alpha value is -1.35. The van der Waals surface area contributed by atoms with Crippen LogP contribution in [0, 0.1) is 5.92 Å². The third-order valence-electron chi connectivity index (χ3n) is 3.28. The highest BCUT2D eigenvalue weighted by atomic mass is 16.3. The second-order valence-electron chi connectivity index (χ2n) is 4.51. The first-order chi connectivity index (χ1) is 7.20. The molecular formula is C12H13NO2. The maximum Gasteiger partial charge on any atom is 0.261 e. The van der Waals surface area contributed by atoms with Crippen LogP contribution in [0.2, 0.25) is 0 Å². The summed E-state index contributed by atoms with van der Waals surface area (Å²) in [4.78, 5) is 11.8. The maximum absolute atomic E-state index is 11.8. The number of benzene rings is 1. The number of hydrogen-bond donors (Lipinski definition) is 2.